The zero-order valence-electron chi connectivity index (χ0n) is 13.5. The smallest absolute Gasteiger partial charge is 0.108 e. The van der Waals surface area contributed by atoms with E-state index in [0.717, 1.165) is 19.5 Å². The van der Waals surface area contributed by atoms with Crippen LogP contribution < -0.4 is 0 Å². The summed E-state index contributed by atoms with van der Waals surface area (Å²) < 4.78 is 6.52. The summed E-state index contributed by atoms with van der Waals surface area (Å²) in [5, 5.41) is 0. The molecule has 1 fully saturated rings. The first-order valence-corrected chi connectivity index (χ1v) is 8.23. The molecule has 1 unspecified atom stereocenters. The molecule has 0 radical (unpaired) electrons. The fraction of sp³-hybridized carbons (Fsp3) is 0.400. The standard InChI is InChI=1S/C20H25NO/c1-16(2)21-14-13-19(15-21)22-20(17-9-5-3-6-10-17)18-11-7-4-8-12-18/h3-12,16,19-20H,13-15H2,1-2H3. The highest BCUT2D eigenvalue weighted by molar-refractivity contribution is 5.30. The Bertz CT molecular complexity index is 527. The summed E-state index contributed by atoms with van der Waals surface area (Å²) in [5.41, 5.74) is 2.47. The molecule has 2 aromatic carbocycles. The van der Waals surface area contributed by atoms with E-state index in [4.69, 9.17) is 4.74 Å². The SMILES string of the molecule is CC(C)N1CCC(OC(c2ccccc2)c2ccccc2)C1. The van der Waals surface area contributed by atoms with Crippen molar-refractivity contribution in [2.45, 2.75) is 38.5 Å². The van der Waals surface area contributed by atoms with Crippen LogP contribution in [-0.4, -0.2) is 30.1 Å². The average Bonchev–Trinajstić information content (AvgIpc) is 3.03. The van der Waals surface area contributed by atoms with Crippen LogP contribution in [0, 0.1) is 0 Å². The van der Waals surface area contributed by atoms with Crippen LogP contribution in [0.5, 0.6) is 0 Å². The first kappa shape index (κ1) is 15.3. The van der Waals surface area contributed by atoms with E-state index < -0.39 is 0 Å². The van der Waals surface area contributed by atoms with Gasteiger partial charge < -0.3 is 4.74 Å². The van der Waals surface area contributed by atoms with Gasteiger partial charge in [-0.1, -0.05) is 60.7 Å². The van der Waals surface area contributed by atoms with Gasteiger partial charge in [0.15, 0.2) is 0 Å². The van der Waals surface area contributed by atoms with Crippen molar-refractivity contribution in [3.8, 4) is 0 Å². The highest BCUT2D eigenvalue weighted by Crippen LogP contribution is 2.29. The monoisotopic (exact) mass is 295 g/mol. The second-order valence-electron chi connectivity index (χ2n) is 6.34. The molecule has 2 heteroatoms. The first-order chi connectivity index (χ1) is 10.7. The number of rotatable bonds is 5. The molecular formula is C20H25NO. The third-order valence-corrected chi connectivity index (χ3v) is 4.44. The van der Waals surface area contributed by atoms with Crippen molar-refractivity contribution in [3.05, 3.63) is 71.8 Å². The van der Waals surface area contributed by atoms with Crippen LogP contribution in [0.4, 0.5) is 0 Å². The molecule has 0 bridgehead atoms. The highest BCUT2D eigenvalue weighted by Gasteiger charge is 2.28. The third-order valence-electron chi connectivity index (χ3n) is 4.44. The molecule has 1 aliphatic heterocycles. The van der Waals surface area contributed by atoms with Gasteiger partial charge in [-0.3, -0.25) is 4.90 Å². The van der Waals surface area contributed by atoms with Crippen molar-refractivity contribution < 1.29 is 4.74 Å². The molecule has 1 atom stereocenters. The molecule has 2 nitrogen and oxygen atoms in total. The van der Waals surface area contributed by atoms with Gasteiger partial charge in [-0.25, -0.2) is 0 Å². The van der Waals surface area contributed by atoms with Gasteiger partial charge in [0.2, 0.25) is 0 Å². The van der Waals surface area contributed by atoms with E-state index in [0.29, 0.717) is 12.1 Å². The molecule has 1 heterocycles. The molecule has 0 aromatic heterocycles. The maximum Gasteiger partial charge on any atom is 0.108 e. The van der Waals surface area contributed by atoms with Crippen LogP contribution in [0.3, 0.4) is 0 Å². The topological polar surface area (TPSA) is 12.5 Å². The fourth-order valence-corrected chi connectivity index (χ4v) is 3.13. The Hall–Kier alpha value is -1.64. The van der Waals surface area contributed by atoms with Gasteiger partial charge in [-0.05, 0) is 31.4 Å². The molecule has 3 rings (SSSR count). The molecule has 0 N–H and O–H groups in total. The maximum atomic E-state index is 6.52. The second kappa shape index (κ2) is 7.08. The third kappa shape index (κ3) is 3.57. The summed E-state index contributed by atoms with van der Waals surface area (Å²) in [5.74, 6) is 0. The van der Waals surface area contributed by atoms with Crippen molar-refractivity contribution in [1.82, 2.24) is 4.90 Å². The Labute approximate surface area is 133 Å². The van der Waals surface area contributed by atoms with Crippen molar-refractivity contribution in [2.24, 2.45) is 0 Å². The van der Waals surface area contributed by atoms with Gasteiger partial charge in [0.05, 0.1) is 6.10 Å². The first-order valence-electron chi connectivity index (χ1n) is 8.23. The molecule has 0 amide bonds. The van der Waals surface area contributed by atoms with E-state index in [1.165, 1.54) is 11.1 Å². The Kier molecular flexibility index (Phi) is 4.91. The van der Waals surface area contributed by atoms with Crippen LogP contribution in [0.1, 0.15) is 37.5 Å². The van der Waals surface area contributed by atoms with Crippen molar-refractivity contribution >= 4 is 0 Å². The molecular weight excluding hydrogens is 270 g/mol. The van der Waals surface area contributed by atoms with E-state index in [2.05, 4.69) is 79.4 Å². The minimum Gasteiger partial charge on any atom is -0.364 e. The van der Waals surface area contributed by atoms with Crippen molar-refractivity contribution in [2.75, 3.05) is 13.1 Å². The second-order valence-corrected chi connectivity index (χ2v) is 6.34. The number of ether oxygens (including phenoxy) is 1. The van der Waals surface area contributed by atoms with E-state index in [1.807, 2.05) is 0 Å². The Morgan fingerprint density at radius 3 is 1.91 bits per heavy atom. The average molecular weight is 295 g/mol. The van der Waals surface area contributed by atoms with Gasteiger partial charge in [-0.2, -0.15) is 0 Å². The number of hydrogen-bond donors (Lipinski definition) is 0. The van der Waals surface area contributed by atoms with Gasteiger partial charge in [0, 0.05) is 19.1 Å². The number of nitrogens with zero attached hydrogens (tertiary/aromatic N) is 1. The lowest BCUT2D eigenvalue weighted by molar-refractivity contribution is 0.0126. The minimum absolute atomic E-state index is 0.0273. The number of hydrogen-bond acceptors (Lipinski definition) is 2. The van der Waals surface area contributed by atoms with E-state index in [-0.39, 0.29) is 6.10 Å². The normalized spacial score (nSPS) is 19.2. The van der Waals surface area contributed by atoms with Gasteiger partial charge in [0.1, 0.15) is 6.10 Å². The lowest BCUT2D eigenvalue weighted by Gasteiger charge is -2.24. The highest BCUT2D eigenvalue weighted by atomic mass is 16.5. The lowest BCUT2D eigenvalue weighted by atomic mass is 10.0. The van der Waals surface area contributed by atoms with E-state index >= 15 is 0 Å². The van der Waals surface area contributed by atoms with Gasteiger partial charge in [-0.15, -0.1) is 0 Å². The molecule has 22 heavy (non-hydrogen) atoms. The predicted molar refractivity (Wildman–Crippen MR) is 90.9 cm³/mol. The van der Waals surface area contributed by atoms with E-state index in [1.54, 1.807) is 0 Å². The van der Waals surface area contributed by atoms with Crippen LogP contribution >= 0.6 is 0 Å². The minimum atomic E-state index is 0.0273. The molecule has 1 saturated heterocycles. The Morgan fingerprint density at radius 2 is 1.45 bits per heavy atom. The fourth-order valence-electron chi connectivity index (χ4n) is 3.13. The molecule has 2 aromatic rings. The molecule has 0 spiro atoms. The quantitative estimate of drug-likeness (QED) is 0.816. The Balaban J connectivity index is 1.78. The van der Waals surface area contributed by atoms with E-state index in [9.17, 15) is 0 Å². The molecule has 0 aliphatic carbocycles. The van der Waals surface area contributed by atoms with Crippen LogP contribution in [-0.2, 0) is 4.74 Å². The van der Waals surface area contributed by atoms with Gasteiger partial charge >= 0.3 is 0 Å². The molecule has 1 aliphatic rings. The Morgan fingerprint density at radius 1 is 0.909 bits per heavy atom. The molecule has 116 valence electrons. The van der Waals surface area contributed by atoms with Crippen LogP contribution in [0.25, 0.3) is 0 Å². The van der Waals surface area contributed by atoms with Crippen molar-refractivity contribution in [1.29, 1.82) is 0 Å². The predicted octanol–water partition coefficient (Wildman–Crippen LogP) is 4.28. The number of benzene rings is 2. The summed E-state index contributed by atoms with van der Waals surface area (Å²) in [6.07, 6.45) is 1.46. The summed E-state index contributed by atoms with van der Waals surface area (Å²) in [6, 6.07) is 21.7. The zero-order chi connectivity index (χ0) is 15.4. The summed E-state index contributed by atoms with van der Waals surface area (Å²) >= 11 is 0. The van der Waals surface area contributed by atoms with Crippen molar-refractivity contribution in [3.63, 3.8) is 0 Å². The lowest BCUT2D eigenvalue weighted by Crippen LogP contribution is -2.30. The largest absolute Gasteiger partial charge is 0.364 e. The number of likely N-dealkylation sites (tertiary alicyclic amines) is 1. The summed E-state index contributed by atoms with van der Waals surface area (Å²) in [6.45, 7) is 6.69. The summed E-state index contributed by atoms with van der Waals surface area (Å²) in [4.78, 5) is 2.50. The van der Waals surface area contributed by atoms with Crippen LogP contribution in [0.2, 0.25) is 0 Å². The van der Waals surface area contributed by atoms with Crippen LogP contribution in [0.15, 0.2) is 60.7 Å². The summed E-state index contributed by atoms with van der Waals surface area (Å²) in [7, 11) is 0. The zero-order valence-corrected chi connectivity index (χ0v) is 13.5. The maximum absolute atomic E-state index is 6.52. The van der Waals surface area contributed by atoms with Gasteiger partial charge in [0.25, 0.3) is 0 Å². The molecule has 0 saturated carbocycles.